The van der Waals surface area contributed by atoms with Crippen molar-refractivity contribution in [2.45, 2.75) is 12.8 Å². The number of sulfone groups is 1. The number of rotatable bonds is 5. The Morgan fingerprint density at radius 3 is 2.31 bits per heavy atom. The Balaban J connectivity index is 2.50. The van der Waals surface area contributed by atoms with Crippen molar-refractivity contribution in [1.82, 2.24) is 0 Å². The lowest BCUT2D eigenvalue weighted by Crippen LogP contribution is -2.06. The molecule has 0 aliphatic carbocycles. The highest BCUT2D eigenvalue weighted by atomic mass is 79.9. The summed E-state index contributed by atoms with van der Waals surface area (Å²) in [6, 6.07) is 7.05. The van der Waals surface area contributed by atoms with Gasteiger partial charge in [-0.1, -0.05) is 28.1 Å². The van der Waals surface area contributed by atoms with Crippen LogP contribution in [0.2, 0.25) is 0 Å². The van der Waals surface area contributed by atoms with Gasteiger partial charge in [-0.25, -0.2) is 8.42 Å². The first-order valence-electron chi connectivity index (χ1n) is 4.85. The summed E-state index contributed by atoms with van der Waals surface area (Å²) < 4.78 is 22.7. The summed E-state index contributed by atoms with van der Waals surface area (Å²) in [7, 11) is -2.97. The van der Waals surface area contributed by atoms with Gasteiger partial charge in [0.05, 0.1) is 5.75 Å². The van der Waals surface area contributed by atoms with E-state index in [2.05, 4.69) is 15.9 Å². The van der Waals surface area contributed by atoms with Gasteiger partial charge in [-0.15, -0.1) is 0 Å². The van der Waals surface area contributed by atoms with Crippen LogP contribution in [0.1, 0.15) is 23.2 Å². The second-order valence-corrected chi connectivity index (χ2v) is 6.84. The van der Waals surface area contributed by atoms with E-state index in [0.29, 0.717) is 12.0 Å². The zero-order chi connectivity index (χ0) is 12.2. The third-order valence-corrected chi connectivity index (χ3v) is 3.64. The second-order valence-electron chi connectivity index (χ2n) is 3.66. The van der Waals surface area contributed by atoms with Gasteiger partial charge in [0.25, 0.3) is 0 Å². The largest absolute Gasteiger partial charge is 0.294 e. The zero-order valence-electron chi connectivity index (χ0n) is 8.94. The second kappa shape index (κ2) is 5.59. The molecule has 0 aliphatic heterocycles. The van der Waals surface area contributed by atoms with Crippen LogP contribution in [0.15, 0.2) is 28.7 Å². The van der Waals surface area contributed by atoms with Crippen molar-refractivity contribution in [3.05, 3.63) is 34.3 Å². The highest BCUT2D eigenvalue weighted by Gasteiger charge is 2.08. The first kappa shape index (κ1) is 13.4. The molecule has 1 aromatic carbocycles. The molecule has 0 amide bonds. The fraction of sp³-hybridized carbons (Fsp3) is 0.364. The molecule has 0 aromatic heterocycles. The van der Waals surface area contributed by atoms with Crippen LogP contribution in [0.25, 0.3) is 0 Å². The molecule has 0 saturated carbocycles. The molecule has 0 radical (unpaired) electrons. The molecular weight excluding hydrogens is 292 g/mol. The number of carbonyl (C=O) groups is 1. The Morgan fingerprint density at radius 2 is 1.81 bits per heavy atom. The van der Waals surface area contributed by atoms with Crippen molar-refractivity contribution in [3.63, 3.8) is 0 Å². The smallest absolute Gasteiger partial charge is 0.162 e. The van der Waals surface area contributed by atoms with Gasteiger partial charge in [0.1, 0.15) is 9.84 Å². The lowest BCUT2D eigenvalue weighted by molar-refractivity contribution is 0.0982. The Morgan fingerprint density at radius 1 is 1.25 bits per heavy atom. The maximum Gasteiger partial charge on any atom is 0.162 e. The topological polar surface area (TPSA) is 51.2 Å². The van der Waals surface area contributed by atoms with E-state index in [1.807, 2.05) is 0 Å². The molecule has 1 aromatic rings. The van der Waals surface area contributed by atoms with Gasteiger partial charge in [-0.2, -0.15) is 0 Å². The van der Waals surface area contributed by atoms with Gasteiger partial charge in [0, 0.05) is 22.7 Å². The summed E-state index contributed by atoms with van der Waals surface area (Å²) in [5.41, 5.74) is 0.622. The molecule has 0 spiro atoms. The average molecular weight is 305 g/mol. The van der Waals surface area contributed by atoms with Crippen LogP contribution < -0.4 is 0 Å². The number of ketones is 1. The molecule has 88 valence electrons. The average Bonchev–Trinajstić information content (AvgIpc) is 2.16. The van der Waals surface area contributed by atoms with Crippen LogP contribution in [-0.4, -0.2) is 26.2 Å². The summed E-state index contributed by atoms with van der Waals surface area (Å²) in [6.45, 7) is 0. The molecule has 16 heavy (non-hydrogen) atoms. The lowest BCUT2D eigenvalue weighted by Gasteiger charge is -2.00. The van der Waals surface area contributed by atoms with Crippen LogP contribution in [0.4, 0.5) is 0 Å². The minimum atomic E-state index is -2.97. The summed E-state index contributed by atoms with van der Waals surface area (Å²) in [5, 5.41) is 0. The third-order valence-electron chi connectivity index (χ3n) is 2.09. The van der Waals surface area contributed by atoms with E-state index in [1.165, 1.54) is 6.26 Å². The third kappa shape index (κ3) is 4.90. The van der Waals surface area contributed by atoms with Gasteiger partial charge in [0.15, 0.2) is 5.78 Å². The van der Waals surface area contributed by atoms with Gasteiger partial charge in [-0.05, 0) is 18.6 Å². The summed E-state index contributed by atoms with van der Waals surface area (Å²) in [5.74, 6) is 0.0473. The molecule has 0 N–H and O–H groups in total. The minimum Gasteiger partial charge on any atom is -0.294 e. The van der Waals surface area contributed by atoms with Crippen molar-refractivity contribution in [2.24, 2.45) is 0 Å². The lowest BCUT2D eigenvalue weighted by atomic mass is 10.1. The van der Waals surface area contributed by atoms with E-state index >= 15 is 0 Å². The van der Waals surface area contributed by atoms with Gasteiger partial charge in [-0.3, -0.25) is 4.79 Å². The number of benzene rings is 1. The van der Waals surface area contributed by atoms with E-state index in [0.717, 1.165) is 4.47 Å². The van der Waals surface area contributed by atoms with Crippen LogP contribution in [0, 0.1) is 0 Å². The molecule has 0 aliphatic rings. The fourth-order valence-electron chi connectivity index (χ4n) is 1.28. The predicted molar refractivity (Wildman–Crippen MR) is 67.4 cm³/mol. The van der Waals surface area contributed by atoms with E-state index < -0.39 is 9.84 Å². The SMILES string of the molecule is CS(=O)(=O)CCCC(=O)c1ccc(Br)cc1. The molecule has 0 unspecified atom stereocenters. The van der Waals surface area contributed by atoms with Crippen LogP contribution >= 0.6 is 15.9 Å². The summed E-state index contributed by atoms with van der Waals surface area (Å²) in [6.07, 6.45) is 1.83. The standard InChI is InChI=1S/C11H13BrO3S/c1-16(14,15)8-2-3-11(13)9-4-6-10(12)7-5-9/h4-7H,2-3,8H2,1H3. The molecule has 3 nitrogen and oxygen atoms in total. The molecule has 0 bridgehead atoms. The van der Waals surface area contributed by atoms with E-state index in [1.54, 1.807) is 24.3 Å². The maximum absolute atomic E-state index is 11.6. The Kier molecular flexibility index (Phi) is 4.68. The number of hydrogen-bond acceptors (Lipinski definition) is 3. The van der Waals surface area contributed by atoms with E-state index in [4.69, 9.17) is 0 Å². The summed E-state index contributed by atoms with van der Waals surface area (Å²) in [4.78, 5) is 11.6. The van der Waals surface area contributed by atoms with Crippen LogP contribution in [0.3, 0.4) is 0 Å². The first-order chi connectivity index (χ1) is 7.38. The van der Waals surface area contributed by atoms with Crippen molar-refractivity contribution in [3.8, 4) is 0 Å². The van der Waals surface area contributed by atoms with E-state index in [9.17, 15) is 13.2 Å². The molecular formula is C11H13BrO3S. The van der Waals surface area contributed by atoms with Crippen molar-refractivity contribution in [2.75, 3.05) is 12.0 Å². The molecule has 5 heteroatoms. The van der Waals surface area contributed by atoms with Gasteiger partial charge in [0.2, 0.25) is 0 Å². The quantitative estimate of drug-likeness (QED) is 0.785. The molecule has 0 saturated heterocycles. The number of carbonyl (C=O) groups excluding carboxylic acids is 1. The Labute approximate surface area is 104 Å². The van der Waals surface area contributed by atoms with Crippen LogP contribution in [0.5, 0.6) is 0 Å². The maximum atomic E-state index is 11.6. The van der Waals surface area contributed by atoms with Crippen molar-refractivity contribution in [1.29, 1.82) is 0 Å². The molecule has 0 atom stereocenters. The Bertz CT molecular complexity index is 463. The van der Waals surface area contributed by atoms with Gasteiger partial charge >= 0.3 is 0 Å². The monoisotopic (exact) mass is 304 g/mol. The summed E-state index contributed by atoms with van der Waals surface area (Å²) >= 11 is 3.28. The van der Waals surface area contributed by atoms with E-state index in [-0.39, 0.29) is 18.0 Å². The van der Waals surface area contributed by atoms with Crippen LogP contribution in [-0.2, 0) is 9.84 Å². The van der Waals surface area contributed by atoms with Crippen molar-refractivity contribution >= 4 is 31.6 Å². The van der Waals surface area contributed by atoms with Crippen molar-refractivity contribution < 1.29 is 13.2 Å². The number of halogens is 1. The fourth-order valence-corrected chi connectivity index (χ4v) is 2.21. The zero-order valence-corrected chi connectivity index (χ0v) is 11.3. The highest BCUT2D eigenvalue weighted by molar-refractivity contribution is 9.10. The predicted octanol–water partition coefficient (Wildman–Crippen LogP) is 2.46. The first-order valence-corrected chi connectivity index (χ1v) is 7.70. The molecule has 1 rings (SSSR count). The normalized spacial score (nSPS) is 11.4. The molecule has 0 fully saturated rings. The van der Waals surface area contributed by atoms with Gasteiger partial charge < -0.3 is 0 Å². The highest BCUT2D eigenvalue weighted by Crippen LogP contribution is 2.12. The Hall–Kier alpha value is -0.680. The number of Topliss-reactive ketones (excluding diaryl/α,β-unsaturated/α-hetero) is 1. The molecule has 0 heterocycles. The minimum absolute atomic E-state index is 0.0175. The number of hydrogen-bond donors (Lipinski definition) is 0.